The van der Waals surface area contributed by atoms with Crippen LogP contribution >= 0.6 is 11.3 Å². The maximum absolute atomic E-state index is 12.8. The summed E-state index contributed by atoms with van der Waals surface area (Å²) in [5.74, 6) is -3.59. The van der Waals surface area contributed by atoms with Gasteiger partial charge in [0.2, 0.25) is 5.91 Å². The molecule has 2 atom stereocenters. The van der Waals surface area contributed by atoms with Gasteiger partial charge in [0.05, 0.1) is 7.11 Å². The highest BCUT2D eigenvalue weighted by Gasteiger charge is 2.33. The van der Waals surface area contributed by atoms with Gasteiger partial charge in [0.1, 0.15) is 10.6 Å². The Bertz CT molecular complexity index is 949. The molecular formula is C22H24NO5S-. The van der Waals surface area contributed by atoms with Crippen molar-refractivity contribution in [1.29, 1.82) is 0 Å². The van der Waals surface area contributed by atoms with E-state index in [9.17, 15) is 19.5 Å². The number of nitrogens with one attached hydrogen (secondary N) is 1. The lowest BCUT2D eigenvalue weighted by Gasteiger charge is -2.31. The van der Waals surface area contributed by atoms with Crippen molar-refractivity contribution in [2.75, 3.05) is 12.4 Å². The van der Waals surface area contributed by atoms with E-state index in [1.165, 1.54) is 18.4 Å². The molecule has 2 unspecified atom stereocenters. The van der Waals surface area contributed by atoms with Crippen molar-refractivity contribution >= 4 is 34.2 Å². The quantitative estimate of drug-likeness (QED) is 0.758. The molecule has 0 radical (unpaired) electrons. The number of amides is 1. The summed E-state index contributed by atoms with van der Waals surface area (Å²) in [6, 6.07) is 5.90. The van der Waals surface area contributed by atoms with Crippen molar-refractivity contribution < 1.29 is 24.2 Å². The van der Waals surface area contributed by atoms with Crippen LogP contribution in [-0.4, -0.2) is 25.0 Å². The molecule has 1 saturated carbocycles. The smallest absolute Gasteiger partial charge is 0.341 e. The van der Waals surface area contributed by atoms with E-state index in [0.717, 1.165) is 29.5 Å². The zero-order chi connectivity index (χ0) is 21.1. The first-order valence-corrected chi connectivity index (χ1v) is 10.5. The lowest BCUT2D eigenvalue weighted by molar-refractivity contribution is -0.313. The number of aliphatic carboxylic acids is 1. The van der Waals surface area contributed by atoms with Crippen molar-refractivity contribution in [3.05, 3.63) is 40.3 Å². The van der Waals surface area contributed by atoms with Crippen molar-refractivity contribution in [2.45, 2.75) is 39.5 Å². The Kier molecular flexibility index (Phi) is 6.37. The number of carbonyl (C=O) groups excluding carboxylic acids is 3. The van der Waals surface area contributed by atoms with E-state index in [2.05, 4.69) is 5.32 Å². The summed E-state index contributed by atoms with van der Waals surface area (Å²) in [6.07, 6.45) is 2.49. The van der Waals surface area contributed by atoms with Crippen LogP contribution in [0, 0.1) is 25.7 Å². The number of aryl methyl sites for hydroxylation is 2. The minimum Gasteiger partial charge on any atom is -0.550 e. The molecule has 1 N–H and O–H groups in total. The van der Waals surface area contributed by atoms with E-state index < -0.39 is 29.7 Å². The second-order valence-corrected chi connectivity index (χ2v) is 8.33. The zero-order valence-electron chi connectivity index (χ0n) is 16.7. The summed E-state index contributed by atoms with van der Waals surface area (Å²) in [6.45, 7) is 4.01. The van der Waals surface area contributed by atoms with Crippen LogP contribution in [0.4, 0.5) is 5.00 Å². The lowest BCUT2D eigenvalue weighted by atomic mass is 9.79. The average Bonchev–Trinajstić information content (AvgIpc) is 3.12. The topological polar surface area (TPSA) is 95.5 Å². The standard InChI is InChI=1S/C22H25NO5S/c1-12-8-9-14(10-13(12)2)17-11-29-20(18(17)22(27)28-3)23-19(24)15-6-4-5-7-16(15)21(25)26/h8-11,15-16H,4-7H2,1-3H3,(H,23,24)(H,25,26)/p-1. The number of carbonyl (C=O) groups is 3. The number of ether oxygens (including phenoxy) is 1. The van der Waals surface area contributed by atoms with Gasteiger partial charge in [-0.05, 0) is 43.4 Å². The fourth-order valence-corrected chi connectivity index (χ4v) is 4.77. The Morgan fingerprint density at radius 2 is 1.79 bits per heavy atom. The van der Waals surface area contributed by atoms with Crippen LogP contribution in [0.25, 0.3) is 11.1 Å². The first-order chi connectivity index (χ1) is 13.8. The van der Waals surface area contributed by atoms with Gasteiger partial charge in [-0.3, -0.25) is 4.79 Å². The number of hydrogen-bond donors (Lipinski definition) is 1. The third kappa shape index (κ3) is 4.34. The predicted octanol–water partition coefficient (Wildman–Crippen LogP) is 3.31. The SMILES string of the molecule is COC(=O)c1c(-c2ccc(C)c(C)c2)csc1NC(=O)C1CCCCC1C(=O)[O-]. The minimum atomic E-state index is -1.19. The molecular weight excluding hydrogens is 390 g/mol. The Morgan fingerprint density at radius 3 is 2.41 bits per heavy atom. The van der Waals surface area contributed by atoms with Gasteiger partial charge in [-0.1, -0.05) is 31.0 Å². The number of thiophene rings is 1. The van der Waals surface area contributed by atoms with Crippen LogP contribution in [0.15, 0.2) is 23.6 Å². The van der Waals surface area contributed by atoms with Gasteiger partial charge >= 0.3 is 5.97 Å². The average molecular weight is 415 g/mol. The molecule has 0 spiro atoms. The molecule has 0 aliphatic heterocycles. The van der Waals surface area contributed by atoms with Crippen LogP contribution in [0.2, 0.25) is 0 Å². The Hall–Kier alpha value is -2.67. The summed E-state index contributed by atoms with van der Waals surface area (Å²) < 4.78 is 4.95. The molecule has 2 aromatic rings. The number of anilines is 1. The normalized spacial score (nSPS) is 18.9. The van der Waals surface area contributed by atoms with Crippen LogP contribution in [-0.2, 0) is 14.3 Å². The molecule has 29 heavy (non-hydrogen) atoms. The third-order valence-corrected chi connectivity index (χ3v) is 6.54. The highest BCUT2D eigenvalue weighted by atomic mass is 32.1. The van der Waals surface area contributed by atoms with E-state index in [4.69, 9.17) is 4.74 Å². The minimum absolute atomic E-state index is 0.287. The van der Waals surface area contributed by atoms with Crippen molar-refractivity contribution in [3.63, 3.8) is 0 Å². The number of methoxy groups -OCH3 is 1. The molecule has 1 heterocycles. The summed E-state index contributed by atoms with van der Waals surface area (Å²) in [4.78, 5) is 36.8. The Morgan fingerprint density at radius 1 is 1.10 bits per heavy atom. The second-order valence-electron chi connectivity index (χ2n) is 7.45. The number of carboxylic acids is 1. The largest absolute Gasteiger partial charge is 0.550 e. The summed E-state index contributed by atoms with van der Waals surface area (Å²) in [5, 5.41) is 16.4. The number of hydrogen-bond acceptors (Lipinski definition) is 6. The number of esters is 1. The van der Waals surface area contributed by atoms with Crippen molar-refractivity contribution in [2.24, 2.45) is 11.8 Å². The van der Waals surface area contributed by atoms with Crippen molar-refractivity contribution in [1.82, 2.24) is 0 Å². The van der Waals surface area contributed by atoms with Gasteiger partial charge in [0, 0.05) is 28.7 Å². The van der Waals surface area contributed by atoms with Gasteiger partial charge in [0.15, 0.2) is 0 Å². The highest BCUT2D eigenvalue weighted by Crippen LogP contribution is 2.38. The molecule has 1 aliphatic carbocycles. The summed E-state index contributed by atoms with van der Waals surface area (Å²) in [5.41, 5.74) is 4.06. The monoisotopic (exact) mass is 414 g/mol. The van der Waals surface area contributed by atoms with Crippen LogP contribution in [0.3, 0.4) is 0 Å². The molecule has 1 aliphatic rings. The van der Waals surface area contributed by atoms with Crippen LogP contribution < -0.4 is 10.4 Å². The third-order valence-electron chi connectivity index (χ3n) is 5.64. The first kappa shape index (κ1) is 21.0. The molecule has 0 bridgehead atoms. The van der Waals surface area contributed by atoms with E-state index in [1.807, 2.05) is 37.4 Å². The summed E-state index contributed by atoms with van der Waals surface area (Å²) in [7, 11) is 1.29. The fraction of sp³-hybridized carbons (Fsp3) is 0.409. The maximum Gasteiger partial charge on any atom is 0.341 e. The van der Waals surface area contributed by atoms with E-state index in [-0.39, 0.29) is 5.56 Å². The van der Waals surface area contributed by atoms with Gasteiger partial charge in [-0.15, -0.1) is 11.3 Å². The molecule has 0 saturated heterocycles. The van der Waals surface area contributed by atoms with Crippen LogP contribution in [0.1, 0.15) is 47.2 Å². The fourth-order valence-electron chi connectivity index (χ4n) is 3.81. The molecule has 1 aromatic heterocycles. The van der Waals surface area contributed by atoms with E-state index >= 15 is 0 Å². The highest BCUT2D eigenvalue weighted by molar-refractivity contribution is 7.15. The van der Waals surface area contributed by atoms with Crippen LogP contribution in [0.5, 0.6) is 0 Å². The number of carboxylic acid groups (broad SMARTS) is 1. The van der Waals surface area contributed by atoms with E-state index in [0.29, 0.717) is 23.4 Å². The molecule has 154 valence electrons. The second kappa shape index (κ2) is 8.78. The molecule has 6 nitrogen and oxygen atoms in total. The van der Waals surface area contributed by atoms with Gasteiger partial charge in [-0.25, -0.2) is 4.79 Å². The Balaban J connectivity index is 1.94. The molecule has 3 rings (SSSR count). The lowest BCUT2D eigenvalue weighted by Crippen LogP contribution is -2.42. The predicted molar refractivity (Wildman–Crippen MR) is 110 cm³/mol. The van der Waals surface area contributed by atoms with E-state index in [1.54, 1.807) is 0 Å². The number of rotatable bonds is 5. The first-order valence-electron chi connectivity index (χ1n) is 9.62. The molecule has 1 fully saturated rings. The molecule has 1 amide bonds. The molecule has 7 heteroatoms. The number of benzene rings is 1. The Labute approximate surface area is 173 Å². The van der Waals surface area contributed by atoms with Gasteiger partial charge in [-0.2, -0.15) is 0 Å². The molecule has 1 aromatic carbocycles. The van der Waals surface area contributed by atoms with Gasteiger partial charge < -0.3 is 20.0 Å². The van der Waals surface area contributed by atoms with Crippen molar-refractivity contribution in [3.8, 4) is 11.1 Å². The zero-order valence-corrected chi connectivity index (χ0v) is 17.6. The summed E-state index contributed by atoms with van der Waals surface area (Å²) >= 11 is 1.23. The van der Waals surface area contributed by atoms with Gasteiger partial charge in [0.25, 0.3) is 0 Å². The maximum atomic E-state index is 12.8.